The lowest BCUT2D eigenvalue weighted by Crippen LogP contribution is -2.42. The van der Waals surface area contributed by atoms with Crippen LogP contribution in [-0.4, -0.2) is 56.0 Å². The number of nitrogens with two attached hydrogens (primary N) is 1. The molecule has 0 saturated carbocycles. The minimum Gasteiger partial charge on any atom is -0.348 e. The highest BCUT2D eigenvalue weighted by Gasteiger charge is 2.11. The van der Waals surface area contributed by atoms with Crippen molar-refractivity contribution in [2.45, 2.75) is 32.7 Å². The van der Waals surface area contributed by atoms with Crippen LogP contribution < -0.4 is 16.4 Å². The summed E-state index contributed by atoms with van der Waals surface area (Å²) >= 11 is 0. The Morgan fingerprint density at radius 2 is 1.67 bits per heavy atom. The standard InChI is InChI=1S/C12H26N4O2/c1-10(2)16(3)9-5-4-7-14-11(17)12(18)15-8-6-13/h10H,4-9,13H2,1-3H3,(H,14,17)(H,15,18). The molecule has 0 saturated heterocycles. The van der Waals surface area contributed by atoms with E-state index in [-0.39, 0.29) is 0 Å². The maximum absolute atomic E-state index is 11.3. The third-order valence-corrected chi connectivity index (χ3v) is 2.74. The molecule has 0 heterocycles. The number of amides is 2. The first-order chi connectivity index (χ1) is 8.49. The van der Waals surface area contributed by atoms with E-state index in [4.69, 9.17) is 5.73 Å². The van der Waals surface area contributed by atoms with Crippen molar-refractivity contribution in [1.82, 2.24) is 15.5 Å². The molecular formula is C12H26N4O2. The molecule has 0 aliphatic rings. The Morgan fingerprint density at radius 1 is 1.11 bits per heavy atom. The number of hydrogen-bond donors (Lipinski definition) is 3. The first kappa shape index (κ1) is 16.9. The van der Waals surface area contributed by atoms with Gasteiger partial charge in [0.05, 0.1) is 0 Å². The van der Waals surface area contributed by atoms with Crippen molar-refractivity contribution in [2.24, 2.45) is 5.73 Å². The SMILES string of the molecule is CC(C)N(C)CCCCNC(=O)C(=O)NCCN. The van der Waals surface area contributed by atoms with E-state index in [2.05, 4.69) is 36.4 Å². The Morgan fingerprint density at radius 3 is 2.17 bits per heavy atom. The number of carbonyl (C=O) groups excluding carboxylic acids is 2. The molecule has 0 radical (unpaired) electrons. The summed E-state index contributed by atoms with van der Waals surface area (Å²) in [4.78, 5) is 24.7. The number of unbranched alkanes of at least 4 members (excludes halogenated alkanes) is 1. The van der Waals surface area contributed by atoms with Crippen LogP contribution in [0, 0.1) is 0 Å². The second-order valence-electron chi connectivity index (χ2n) is 4.58. The van der Waals surface area contributed by atoms with Crippen LogP contribution >= 0.6 is 0 Å². The van der Waals surface area contributed by atoms with Gasteiger partial charge in [-0.15, -0.1) is 0 Å². The molecule has 6 nitrogen and oxygen atoms in total. The Kier molecular flexibility index (Phi) is 9.22. The van der Waals surface area contributed by atoms with Crippen molar-refractivity contribution in [1.29, 1.82) is 0 Å². The van der Waals surface area contributed by atoms with Crippen molar-refractivity contribution >= 4 is 11.8 Å². The Bertz CT molecular complexity index is 256. The normalized spacial score (nSPS) is 10.8. The highest BCUT2D eigenvalue weighted by molar-refractivity contribution is 6.35. The smallest absolute Gasteiger partial charge is 0.309 e. The first-order valence-corrected chi connectivity index (χ1v) is 6.45. The van der Waals surface area contributed by atoms with E-state index in [0.29, 0.717) is 25.7 Å². The van der Waals surface area contributed by atoms with Gasteiger partial charge in [0.1, 0.15) is 0 Å². The van der Waals surface area contributed by atoms with Gasteiger partial charge in [0, 0.05) is 25.7 Å². The van der Waals surface area contributed by atoms with E-state index < -0.39 is 11.8 Å². The number of rotatable bonds is 8. The summed E-state index contributed by atoms with van der Waals surface area (Å²) < 4.78 is 0. The van der Waals surface area contributed by atoms with Crippen LogP contribution in [0.4, 0.5) is 0 Å². The maximum atomic E-state index is 11.3. The average Bonchev–Trinajstić information content (AvgIpc) is 2.34. The molecule has 0 aromatic rings. The van der Waals surface area contributed by atoms with Crippen molar-refractivity contribution < 1.29 is 9.59 Å². The van der Waals surface area contributed by atoms with Crippen LogP contribution in [0.25, 0.3) is 0 Å². The molecule has 6 heteroatoms. The summed E-state index contributed by atoms with van der Waals surface area (Å²) in [6, 6.07) is 0.529. The molecule has 0 aromatic heterocycles. The highest BCUT2D eigenvalue weighted by Crippen LogP contribution is 1.97. The fourth-order valence-electron chi connectivity index (χ4n) is 1.29. The van der Waals surface area contributed by atoms with Crippen LogP contribution in [0.15, 0.2) is 0 Å². The predicted molar refractivity (Wildman–Crippen MR) is 72.1 cm³/mol. The molecule has 4 N–H and O–H groups in total. The van der Waals surface area contributed by atoms with E-state index in [9.17, 15) is 9.59 Å². The molecule has 0 aromatic carbocycles. The molecule has 0 fully saturated rings. The Balaban J connectivity index is 3.54. The van der Waals surface area contributed by atoms with Gasteiger partial charge in [0.15, 0.2) is 0 Å². The number of nitrogens with one attached hydrogen (secondary N) is 2. The lowest BCUT2D eigenvalue weighted by atomic mass is 10.2. The topological polar surface area (TPSA) is 87.5 Å². The van der Waals surface area contributed by atoms with Crippen LogP contribution in [0.3, 0.4) is 0 Å². The van der Waals surface area contributed by atoms with Crippen LogP contribution in [0.2, 0.25) is 0 Å². The third-order valence-electron chi connectivity index (χ3n) is 2.74. The van der Waals surface area contributed by atoms with Crippen LogP contribution in [0.5, 0.6) is 0 Å². The Hall–Kier alpha value is -1.14. The molecule has 0 atom stereocenters. The molecular weight excluding hydrogens is 232 g/mol. The minimum absolute atomic E-state index is 0.325. The summed E-state index contributed by atoms with van der Waals surface area (Å²) in [6.45, 7) is 6.47. The number of nitrogens with zero attached hydrogens (tertiary/aromatic N) is 1. The molecule has 0 aliphatic heterocycles. The molecule has 106 valence electrons. The monoisotopic (exact) mass is 258 g/mol. The van der Waals surface area contributed by atoms with Crippen molar-refractivity contribution in [3.8, 4) is 0 Å². The van der Waals surface area contributed by atoms with Crippen molar-refractivity contribution in [3.05, 3.63) is 0 Å². The number of hydrogen-bond acceptors (Lipinski definition) is 4. The molecule has 0 rings (SSSR count). The molecule has 18 heavy (non-hydrogen) atoms. The quantitative estimate of drug-likeness (QED) is 0.397. The Labute approximate surface area is 109 Å². The summed E-state index contributed by atoms with van der Waals surface area (Å²) in [5, 5.41) is 5.01. The van der Waals surface area contributed by atoms with Gasteiger partial charge in [-0.3, -0.25) is 9.59 Å². The second kappa shape index (κ2) is 9.85. The third kappa shape index (κ3) is 8.03. The zero-order chi connectivity index (χ0) is 14.0. The molecule has 0 aliphatic carbocycles. The molecule has 0 spiro atoms. The van der Waals surface area contributed by atoms with Gasteiger partial charge in [0.25, 0.3) is 0 Å². The van der Waals surface area contributed by atoms with E-state index in [1.807, 2.05) is 0 Å². The lowest BCUT2D eigenvalue weighted by molar-refractivity contribution is -0.139. The predicted octanol–water partition coefficient (Wildman–Crippen LogP) is -0.702. The fourth-order valence-corrected chi connectivity index (χ4v) is 1.29. The van der Waals surface area contributed by atoms with Crippen molar-refractivity contribution in [3.63, 3.8) is 0 Å². The average molecular weight is 258 g/mol. The highest BCUT2D eigenvalue weighted by atomic mass is 16.2. The number of carbonyl (C=O) groups is 2. The second-order valence-corrected chi connectivity index (χ2v) is 4.58. The van der Waals surface area contributed by atoms with E-state index in [1.54, 1.807) is 0 Å². The maximum Gasteiger partial charge on any atom is 0.309 e. The van der Waals surface area contributed by atoms with E-state index in [0.717, 1.165) is 19.4 Å². The van der Waals surface area contributed by atoms with Gasteiger partial charge in [0.2, 0.25) is 0 Å². The van der Waals surface area contributed by atoms with Crippen molar-refractivity contribution in [2.75, 3.05) is 33.2 Å². The van der Waals surface area contributed by atoms with Crippen LogP contribution in [-0.2, 0) is 9.59 Å². The van der Waals surface area contributed by atoms with Gasteiger partial charge < -0.3 is 21.3 Å². The molecule has 0 bridgehead atoms. The summed E-state index contributed by atoms with van der Waals surface area (Å²) in [5.41, 5.74) is 5.22. The molecule has 0 unspecified atom stereocenters. The van der Waals surface area contributed by atoms with Gasteiger partial charge in [-0.05, 0) is 40.3 Å². The van der Waals surface area contributed by atoms with Gasteiger partial charge in [-0.25, -0.2) is 0 Å². The van der Waals surface area contributed by atoms with Gasteiger partial charge in [-0.2, -0.15) is 0 Å². The van der Waals surface area contributed by atoms with Gasteiger partial charge >= 0.3 is 11.8 Å². The van der Waals surface area contributed by atoms with E-state index >= 15 is 0 Å². The van der Waals surface area contributed by atoms with E-state index in [1.165, 1.54) is 0 Å². The fraction of sp³-hybridized carbons (Fsp3) is 0.833. The minimum atomic E-state index is -0.611. The lowest BCUT2D eigenvalue weighted by Gasteiger charge is -2.20. The van der Waals surface area contributed by atoms with Crippen LogP contribution in [0.1, 0.15) is 26.7 Å². The molecule has 2 amide bonds. The zero-order valence-electron chi connectivity index (χ0n) is 11.7. The van der Waals surface area contributed by atoms with Gasteiger partial charge in [-0.1, -0.05) is 0 Å². The summed E-state index contributed by atoms with van der Waals surface area (Å²) in [5.74, 6) is -1.19. The largest absolute Gasteiger partial charge is 0.348 e. The zero-order valence-corrected chi connectivity index (χ0v) is 11.7. The summed E-state index contributed by atoms with van der Waals surface area (Å²) in [7, 11) is 2.07. The first-order valence-electron chi connectivity index (χ1n) is 6.45. The summed E-state index contributed by atoms with van der Waals surface area (Å²) in [6.07, 6.45) is 1.87.